The standard InChI is InChI=1S/C18H21F2N/c1-2-10-21-13-16(14-7-5-8-17(19)12-14)11-15-6-3-4-9-18(15)20/h3-9,12,16,21H,2,10-11,13H2,1H3. The molecule has 0 heterocycles. The fraction of sp³-hybridized carbons (Fsp3) is 0.333. The zero-order valence-corrected chi connectivity index (χ0v) is 12.3. The lowest BCUT2D eigenvalue weighted by molar-refractivity contribution is 0.548. The maximum Gasteiger partial charge on any atom is 0.126 e. The third-order valence-corrected chi connectivity index (χ3v) is 3.56. The molecular formula is C18H21F2N. The van der Waals surface area contributed by atoms with Gasteiger partial charge < -0.3 is 5.32 Å². The highest BCUT2D eigenvalue weighted by Crippen LogP contribution is 2.22. The summed E-state index contributed by atoms with van der Waals surface area (Å²) < 4.78 is 27.3. The largest absolute Gasteiger partial charge is 0.316 e. The van der Waals surface area contributed by atoms with E-state index >= 15 is 0 Å². The van der Waals surface area contributed by atoms with E-state index < -0.39 is 0 Å². The average molecular weight is 289 g/mol. The van der Waals surface area contributed by atoms with Gasteiger partial charge in [0.15, 0.2) is 0 Å². The van der Waals surface area contributed by atoms with Gasteiger partial charge in [0.25, 0.3) is 0 Å². The molecule has 1 atom stereocenters. The van der Waals surface area contributed by atoms with Gasteiger partial charge in [0.1, 0.15) is 11.6 Å². The Labute approximate surface area is 125 Å². The quantitative estimate of drug-likeness (QED) is 0.750. The van der Waals surface area contributed by atoms with Crippen molar-refractivity contribution in [3.8, 4) is 0 Å². The van der Waals surface area contributed by atoms with Crippen LogP contribution in [0.3, 0.4) is 0 Å². The second kappa shape index (κ2) is 7.89. The Hall–Kier alpha value is -1.74. The van der Waals surface area contributed by atoms with E-state index in [1.165, 1.54) is 12.1 Å². The first-order valence-electron chi connectivity index (χ1n) is 7.40. The summed E-state index contributed by atoms with van der Waals surface area (Å²) in [5.74, 6) is -0.389. The molecule has 112 valence electrons. The molecule has 1 N–H and O–H groups in total. The normalized spacial score (nSPS) is 12.3. The maximum absolute atomic E-state index is 13.8. The third kappa shape index (κ3) is 4.64. The molecule has 0 spiro atoms. The van der Waals surface area contributed by atoms with Crippen molar-refractivity contribution >= 4 is 0 Å². The van der Waals surface area contributed by atoms with Crippen LogP contribution >= 0.6 is 0 Å². The van der Waals surface area contributed by atoms with Crippen LogP contribution in [-0.4, -0.2) is 13.1 Å². The molecule has 0 bridgehead atoms. The third-order valence-electron chi connectivity index (χ3n) is 3.56. The smallest absolute Gasteiger partial charge is 0.126 e. The van der Waals surface area contributed by atoms with E-state index in [1.807, 2.05) is 12.1 Å². The van der Waals surface area contributed by atoms with Crippen LogP contribution in [-0.2, 0) is 6.42 Å². The fourth-order valence-electron chi connectivity index (χ4n) is 2.45. The first-order chi connectivity index (χ1) is 10.2. The number of hydrogen-bond acceptors (Lipinski definition) is 1. The minimum Gasteiger partial charge on any atom is -0.316 e. The van der Waals surface area contributed by atoms with Crippen LogP contribution in [0.1, 0.15) is 30.4 Å². The van der Waals surface area contributed by atoms with Crippen LogP contribution in [0.25, 0.3) is 0 Å². The number of halogens is 2. The van der Waals surface area contributed by atoms with Gasteiger partial charge in [-0.15, -0.1) is 0 Å². The van der Waals surface area contributed by atoms with Crippen molar-refractivity contribution in [2.24, 2.45) is 0 Å². The summed E-state index contributed by atoms with van der Waals surface area (Å²) in [4.78, 5) is 0. The summed E-state index contributed by atoms with van der Waals surface area (Å²) in [6.45, 7) is 3.72. The molecule has 2 rings (SSSR count). The topological polar surface area (TPSA) is 12.0 Å². The first-order valence-corrected chi connectivity index (χ1v) is 7.40. The van der Waals surface area contributed by atoms with Gasteiger partial charge in [-0.1, -0.05) is 37.3 Å². The second-order valence-electron chi connectivity index (χ2n) is 5.25. The fourth-order valence-corrected chi connectivity index (χ4v) is 2.45. The molecule has 0 aliphatic rings. The SMILES string of the molecule is CCCNCC(Cc1ccccc1F)c1cccc(F)c1. The van der Waals surface area contributed by atoms with Gasteiger partial charge in [0, 0.05) is 12.5 Å². The summed E-state index contributed by atoms with van der Waals surface area (Å²) in [5, 5.41) is 3.35. The molecule has 0 aliphatic heterocycles. The Kier molecular flexibility index (Phi) is 5.88. The van der Waals surface area contributed by atoms with Crippen molar-refractivity contribution in [1.82, 2.24) is 5.32 Å². The lowest BCUT2D eigenvalue weighted by Crippen LogP contribution is -2.24. The van der Waals surface area contributed by atoms with Crippen LogP contribution in [0.4, 0.5) is 8.78 Å². The van der Waals surface area contributed by atoms with E-state index in [1.54, 1.807) is 24.3 Å². The second-order valence-corrected chi connectivity index (χ2v) is 5.25. The van der Waals surface area contributed by atoms with E-state index in [9.17, 15) is 8.78 Å². The van der Waals surface area contributed by atoms with Gasteiger partial charge in [-0.3, -0.25) is 0 Å². The van der Waals surface area contributed by atoms with Crippen molar-refractivity contribution in [2.45, 2.75) is 25.7 Å². The molecule has 1 nitrogen and oxygen atoms in total. The Morgan fingerprint density at radius 1 is 1.05 bits per heavy atom. The molecule has 0 radical (unpaired) electrons. The summed E-state index contributed by atoms with van der Waals surface area (Å²) >= 11 is 0. The molecule has 0 fully saturated rings. The van der Waals surface area contributed by atoms with Crippen molar-refractivity contribution < 1.29 is 8.78 Å². The Bertz CT molecular complexity index is 569. The van der Waals surface area contributed by atoms with Crippen molar-refractivity contribution in [1.29, 1.82) is 0 Å². The molecule has 1 unspecified atom stereocenters. The van der Waals surface area contributed by atoms with E-state index in [4.69, 9.17) is 0 Å². The minimum atomic E-state index is -0.249. The monoisotopic (exact) mass is 289 g/mol. The van der Waals surface area contributed by atoms with Gasteiger partial charge in [0.2, 0.25) is 0 Å². The van der Waals surface area contributed by atoms with E-state index in [0.29, 0.717) is 18.5 Å². The van der Waals surface area contributed by atoms with Gasteiger partial charge in [-0.2, -0.15) is 0 Å². The van der Waals surface area contributed by atoms with Gasteiger partial charge in [-0.05, 0) is 48.7 Å². The molecular weight excluding hydrogens is 268 g/mol. The highest BCUT2D eigenvalue weighted by atomic mass is 19.1. The molecule has 0 saturated heterocycles. The van der Waals surface area contributed by atoms with Crippen LogP contribution in [0.15, 0.2) is 48.5 Å². The molecule has 21 heavy (non-hydrogen) atoms. The van der Waals surface area contributed by atoms with Gasteiger partial charge in [-0.25, -0.2) is 8.78 Å². The van der Waals surface area contributed by atoms with E-state index in [-0.39, 0.29) is 17.6 Å². The molecule has 2 aromatic carbocycles. The lowest BCUT2D eigenvalue weighted by atomic mass is 9.91. The number of rotatable bonds is 7. The predicted octanol–water partition coefficient (Wildman–Crippen LogP) is 4.29. The molecule has 0 amide bonds. The maximum atomic E-state index is 13.8. The predicted molar refractivity (Wildman–Crippen MR) is 82.4 cm³/mol. The minimum absolute atomic E-state index is 0.0594. The summed E-state index contributed by atoms with van der Waals surface area (Å²) in [7, 11) is 0. The van der Waals surface area contributed by atoms with Crippen molar-refractivity contribution in [3.05, 3.63) is 71.3 Å². The van der Waals surface area contributed by atoms with Crippen molar-refractivity contribution in [3.63, 3.8) is 0 Å². The first kappa shape index (κ1) is 15.6. The van der Waals surface area contributed by atoms with Crippen LogP contribution in [0.2, 0.25) is 0 Å². The number of nitrogens with one attached hydrogen (secondary N) is 1. The number of hydrogen-bond donors (Lipinski definition) is 1. The van der Waals surface area contributed by atoms with Gasteiger partial charge in [0.05, 0.1) is 0 Å². The Morgan fingerprint density at radius 2 is 1.86 bits per heavy atom. The molecule has 0 saturated carbocycles. The Morgan fingerprint density at radius 3 is 2.57 bits per heavy atom. The average Bonchev–Trinajstić information content (AvgIpc) is 2.48. The lowest BCUT2D eigenvalue weighted by Gasteiger charge is -2.19. The number of benzene rings is 2. The van der Waals surface area contributed by atoms with Gasteiger partial charge >= 0.3 is 0 Å². The van der Waals surface area contributed by atoms with Crippen molar-refractivity contribution in [2.75, 3.05) is 13.1 Å². The molecule has 2 aromatic rings. The molecule has 3 heteroatoms. The summed E-state index contributed by atoms with van der Waals surface area (Å²) in [6.07, 6.45) is 1.60. The highest BCUT2D eigenvalue weighted by Gasteiger charge is 2.15. The zero-order valence-electron chi connectivity index (χ0n) is 12.3. The van der Waals surface area contributed by atoms with Crippen LogP contribution in [0.5, 0.6) is 0 Å². The van der Waals surface area contributed by atoms with E-state index in [2.05, 4.69) is 12.2 Å². The molecule has 0 aliphatic carbocycles. The highest BCUT2D eigenvalue weighted by molar-refractivity contribution is 5.26. The van der Waals surface area contributed by atoms with Crippen LogP contribution < -0.4 is 5.32 Å². The van der Waals surface area contributed by atoms with Crippen LogP contribution in [0, 0.1) is 11.6 Å². The zero-order chi connectivity index (χ0) is 15.1. The summed E-state index contributed by atoms with van der Waals surface area (Å²) in [6, 6.07) is 13.4. The molecule has 0 aromatic heterocycles. The summed E-state index contributed by atoms with van der Waals surface area (Å²) in [5.41, 5.74) is 1.58. The Balaban J connectivity index is 2.17. The van der Waals surface area contributed by atoms with E-state index in [0.717, 1.165) is 18.5 Å².